The Morgan fingerprint density at radius 1 is 1.04 bits per heavy atom. The predicted molar refractivity (Wildman–Crippen MR) is 94.1 cm³/mol. The van der Waals surface area contributed by atoms with E-state index in [1.54, 1.807) is 12.4 Å². The Morgan fingerprint density at radius 3 is 2.71 bits per heavy atom. The molecule has 4 aromatic rings. The molecule has 0 fully saturated rings. The highest BCUT2D eigenvalue weighted by molar-refractivity contribution is 8.00. The number of aryl methyl sites for hydroxylation is 2. The van der Waals surface area contributed by atoms with Crippen molar-refractivity contribution in [3.63, 3.8) is 0 Å². The van der Waals surface area contributed by atoms with Gasteiger partial charge in [-0.05, 0) is 37.1 Å². The number of aromatic nitrogens is 6. The van der Waals surface area contributed by atoms with Crippen LogP contribution >= 0.6 is 11.9 Å². The molecule has 0 aliphatic heterocycles. The van der Waals surface area contributed by atoms with Gasteiger partial charge in [0.1, 0.15) is 0 Å². The highest BCUT2D eigenvalue weighted by atomic mass is 32.2. The van der Waals surface area contributed by atoms with E-state index in [4.69, 9.17) is 0 Å². The maximum Gasteiger partial charge on any atom is 0.174 e. The molecule has 0 aliphatic rings. The Kier molecular flexibility index (Phi) is 3.66. The lowest BCUT2D eigenvalue weighted by atomic mass is 10.2. The lowest BCUT2D eigenvalue weighted by molar-refractivity contribution is 0.722. The number of anilines is 1. The fourth-order valence-corrected chi connectivity index (χ4v) is 3.06. The molecule has 120 valence electrons. The van der Waals surface area contributed by atoms with E-state index in [1.165, 1.54) is 16.7 Å². The highest BCUT2D eigenvalue weighted by Gasteiger charge is 2.06. The molecular formula is C16H15N7S. The zero-order chi connectivity index (χ0) is 16.5. The summed E-state index contributed by atoms with van der Waals surface area (Å²) in [5, 5.41) is 13.8. The van der Waals surface area contributed by atoms with Crippen LogP contribution < -0.4 is 4.72 Å². The first-order valence-electron chi connectivity index (χ1n) is 7.40. The first-order chi connectivity index (χ1) is 11.7. The van der Waals surface area contributed by atoms with Gasteiger partial charge in [-0.25, -0.2) is 4.98 Å². The maximum absolute atomic E-state index is 4.40. The molecule has 0 atom stereocenters. The molecule has 0 unspecified atom stereocenters. The number of benzene rings is 1. The zero-order valence-electron chi connectivity index (χ0n) is 13.2. The van der Waals surface area contributed by atoms with Crippen molar-refractivity contribution in [3.8, 4) is 5.82 Å². The van der Waals surface area contributed by atoms with Crippen LogP contribution in [0.2, 0.25) is 0 Å². The minimum Gasteiger partial charge on any atom is -0.324 e. The Hall–Kier alpha value is -2.87. The molecule has 1 N–H and O–H groups in total. The molecule has 0 saturated carbocycles. The number of nitrogens with zero attached hydrogens (tertiary/aromatic N) is 6. The lowest BCUT2D eigenvalue weighted by Gasteiger charge is -2.08. The van der Waals surface area contributed by atoms with E-state index >= 15 is 0 Å². The van der Waals surface area contributed by atoms with E-state index in [0.717, 1.165) is 27.2 Å². The third-order valence-electron chi connectivity index (χ3n) is 3.57. The number of para-hydroxylation sites is 1. The summed E-state index contributed by atoms with van der Waals surface area (Å²) in [6.45, 7) is 1.90. The summed E-state index contributed by atoms with van der Waals surface area (Å²) in [5.41, 5.74) is 2.96. The van der Waals surface area contributed by atoms with Gasteiger partial charge in [-0.2, -0.15) is 15.3 Å². The summed E-state index contributed by atoms with van der Waals surface area (Å²) in [5.74, 6) is 0.696. The van der Waals surface area contributed by atoms with Gasteiger partial charge in [0.2, 0.25) is 0 Å². The molecule has 3 heterocycles. The summed E-state index contributed by atoms with van der Waals surface area (Å²) >= 11 is 1.51. The fourth-order valence-electron chi connectivity index (χ4n) is 2.43. The van der Waals surface area contributed by atoms with Gasteiger partial charge in [-0.3, -0.25) is 4.68 Å². The minimum absolute atomic E-state index is 0.696. The van der Waals surface area contributed by atoms with Crippen LogP contribution in [0.3, 0.4) is 0 Å². The molecule has 3 aromatic heterocycles. The second-order valence-corrected chi connectivity index (χ2v) is 6.22. The fraction of sp³-hybridized carbons (Fsp3) is 0.125. The van der Waals surface area contributed by atoms with Crippen molar-refractivity contribution in [2.24, 2.45) is 7.05 Å². The van der Waals surface area contributed by atoms with Gasteiger partial charge in [0.25, 0.3) is 0 Å². The Balaban J connectivity index is 1.52. The molecule has 0 aliphatic carbocycles. The lowest BCUT2D eigenvalue weighted by Crippen LogP contribution is -2.01. The normalized spacial score (nSPS) is 11.1. The third kappa shape index (κ3) is 2.71. The summed E-state index contributed by atoms with van der Waals surface area (Å²) in [4.78, 5) is 6.93. The smallest absolute Gasteiger partial charge is 0.174 e. The molecule has 7 nitrogen and oxygen atoms in total. The molecule has 0 bridgehead atoms. The molecule has 4 rings (SSSR count). The largest absolute Gasteiger partial charge is 0.324 e. The van der Waals surface area contributed by atoms with Crippen LogP contribution in [0, 0.1) is 6.92 Å². The zero-order valence-corrected chi connectivity index (χ0v) is 14.0. The van der Waals surface area contributed by atoms with E-state index in [9.17, 15) is 0 Å². The maximum atomic E-state index is 4.40. The van der Waals surface area contributed by atoms with Gasteiger partial charge in [0.05, 0.1) is 29.3 Å². The van der Waals surface area contributed by atoms with Gasteiger partial charge in [-0.1, -0.05) is 12.1 Å². The molecule has 0 saturated heterocycles. The van der Waals surface area contributed by atoms with Crippen LogP contribution in [0.25, 0.3) is 16.7 Å². The van der Waals surface area contributed by atoms with Gasteiger partial charge in [0.15, 0.2) is 5.82 Å². The van der Waals surface area contributed by atoms with Crippen molar-refractivity contribution in [1.82, 2.24) is 29.8 Å². The SMILES string of the molecule is Cc1cnn(-c2ccc(SNc3cccc4cnn(C)c34)cn2)n1. The van der Waals surface area contributed by atoms with Gasteiger partial charge in [0, 0.05) is 23.5 Å². The van der Waals surface area contributed by atoms with Crippen molar-refractivity contribution >= 4 is 28.5 Å². The van der Waals surface area contributed by atoms with E-state index < -0.39 is 0 Å². The van der Waals surface area contributed by atoms with Crippen LogP contribution in [0.1, 0.15) is 5.69 Å². The van der Waals surface area contributed by atoms with E-state index in [0.29, 0.717) is 5.82 Å². The Morgan fingerprint density at radius 2 is 1.96 bits per heavy atom. The number of rotatable bonds is 4. The van der Waals surface area contributed by atoms with Crippen molar-refractivity contribution in [1.29, 1.82) is 0 Å². The van der Waals surface area contributed by atoms with Crippen molar-refractivity contribution in [3.05, 3.63) is 54.6 Å². The van der Waals surface area contributed by atoms with Crippen LogP contribution in [0.5, 0.6) is 0 Å². The monoisotopic (exact) mass is 337 g/mol. The molecular weight excluding hydrogens is 322 g/mol. The van der Waals surface area contributed by atoms with E-state index in [1.807, 2.05) is 55.2 Å². The van der Waals surface area contributed by atoms with Crippen LogP contribution in [0.4, 0.5) is 5.69 Å². The molecule has 24 heavy (non-hydrogen) atoms. The average Bonchev–Trinajstić information content (AvgIpc) is 3.20. The number of hydrogen-bond acceptors (Lipinski definition) is 6. The molecule has 0 spiro atoms. The van der Waals surface area contributed by atoms with Gasteiger partial charge >= 0.3 is 0 Å². The second-order valence-electron chi connectivity index (χ2n) is 5.34. The second kappa shape index (κ2) is 5.97. The van der Waals surface area contributed by atoms with Crippen LogP contribution in [0.15, 0.2) is 53.8 Å². The van der Waals surface area contributed by atoms with Crippen molar-refractivity contribution in [2.75, 3.05) is 4.72 Å². The van der Waals surface area contributed by atoms with Crippen molar-refractivity contribution in [2.45, 2.75) is 11.8 Å². The molecule has 0 radical (unpaired) electrons. The third-order valence-corrected chi connectivity index (χ3v) is 4.37. The predicted octanol–water partition coefficient (Wildman–Crippen LogP) is 2.98. The topological polar surface area (TPSA) is 73.5 Å². The van der Waals surface area contributed by atoms with E-state index in [2.05, 4.69) is 25.0 Å². The number of fused-ring (bicyclic) bond motifs is 1. The molecule has 8 heteroatoms. The highest BCUT2D eigenvalue weighted by Crippen LogP contribution is 2.27. The van der Waals surface area contributed by atoms with Crippen molar-refractivity contribution < 1.29 is 0 Å². The Bertz CT molecular complexity index is 987. The van der Waals surface area contributed by atoms with Gasteiger partial charge < -0.3 is 4.72 Å². The summed E-state index contributed by atoms with van der Waals surface area (Å²) in [6, 6.07) is 9.99. The van der Waals surface area contributed by atoms with Crippen LogP contribution in [-0.2, 0) is 7.05 Å². The number of pyridine rings is 1. The first kappa shape index (κ1) is 14.7. The summed E-state index contributed by atoms with van der Waals surface area (Å²) in [6.07, 6.45) is 5.37. The minimum atomic E-state index is 0.696. The number of nitrogens with one attached hydrogen (secondary N) is 1. The van der Waals surface area contributed by atoms with Crippen LogP contribution in [-0.4, -0.2) is 29.8 Å². The van der Waals surface area contributed by atoms with E-state index in [-0.39, 0.29) is 0 Å². The standard InChI is InChI=1S/C16H15N7S/c1-11-8-19-23(20-11)15-7-6-13(10-17-15)24-21-14-5-3-4-12-9-18-22(2)16(12)14/h3-10,21H,1-2H3. The summed E-state index contributed by atoms with van der Waals surface area (Å²) < 4.78 is 5.24. The number of hydrogen-bond donors (Lipinski definition) is 1. The molecule has 1 aromatic carbocycles. The average molecular weight is 337 g/mol. The summed E-state index contributed by atoms with van der Waals surface area (Å²) in [7, 11) is 1.94. The van der Waals surface area contributed by atoms with Gasteiger partial charge in [-0.15, -0.1) is 4.80 Å². The molecule has 0 amide bonds. The Labute approximate surface area is 142 Å². The quantitative estimate of drug-likeness (QED) is 0.577. The first-order valence-corrected chi connectivity index (χ1v) is 8.21.